The maximum Gasteiger partial charge on any atom is 0.327 e. The summed E-state index contributed by atoms with van der Waals surface area (Å²) in [6.45, 7) is 2.12. The van der Waals surface area contributed by atoms with Crippen LogP contribution in [0.1, 0.15) is 45.4 Å². The van der Waals surface area contributed by atoms with Crippen molar-refractivity contribution >= 4 is 10.1 Å². The van der Waals surface area contributed by atoms with Gasteiger partial charge in [0, 0.05) is 12.1 Å². The maximum absolute atomic E-state index is 11.6. The Morgan fingerprint density at radius 2 is 1.58 bits per heavy atom. The molecular weight excluding hydrogens is 270 g/mol. The Labute approximate surface area is 113 Å². The molecule has 110 valence electrons. The van der Waals surface area contributed by atoms with Gasteiger partial charge in [-0.05, 0) is 6.42 Å². The Balaban J connectivity index is 2.36. The van der Waals surface area contributed by atoms with E-state index < -0.39 is 21.9 Å². The fourth-order valence-electron chi connectivity index (χ4n) is 1.69. The van der Waals surface area contributed by atoms with E-state index in [1.807, 2.05) is 0 Å². The van der Waals surface area contributed by atoms with Crippen LogP contribution in [-0.2, 0) is 10.1 Å². The van der Waals surface area contributed by atoms with Gasteiger partial charge >= 0.3 is 10.1 Å². The summed E-state index contributed by atoms with van der Waals surface area (Å²) in [5, 5.41) is 18.6. The van der Waals surface area contributed by atoms with E-state index in [-0.39, 0.29) is 5.75 Å². The molecule has 1 rings (SSSR count). The van der Waals surface area contributed by atoms with Crippen LogP contribution >= 0.6 is 0 Å². The van der Waals surface area contributed by atoms with Crippen LogP contribution in [-0.4, -0.2) is 29.1 Å². The summed E-state index contributed by atoms with van der Waals surface area (Å²) in [6, 6.07) is 2.30. The molecule has 0 saturated heterocycles. The summed E-state index contributed by atoms with van der Waals surface area (Å²) in [6.07, 6.45) is 5.75. The lowest BCUT2D eigenvalue weighted by atomic mass is 10.1. The van der Waals surface area contributed by atoms with Gasteiger partial charge in [0.15, 0.2) is 0 Å². The largest absolute Gasteiger partial charge is 0.492 e. The van der Waals surface area contributed by atoms with Crippen LogP contribution in [0.25, 0.3) is 0 Å². The summed E-state index contributed by atoms with van der Waals surface area (Å²) in [5.41, 5.74) is 0. The third-order valence-corrected chi connectivity index (χ3v) is 3.90. The summed E-state index contributed by atoms with van der Waals surface area (Å²) < 4.78 is 28.4. The van der Waals surface area contributed by atoms with Crippen molar-refractivity contribution in [2.45, 2.75) is 45.4 Å². The number of hydrogen-bond acceptors (Lipinski definition) is 5. The average molecular weight is 291 g/mol. The predicted octanol–water partition coefficient (Wildman–Crippen LogP) is 2.02. The monoisotopic (exact) mass is 291 g/mol. The van der Waals surface area contributed by atoms with Gasteiger partial charge in [-0.25, -0.2) is 0 Å². The van der Waals surface area contributed by atoms with Crippen LogP contribution in [0, 0.1) is 0 Å². The minimum atomic E-state index is -3.80. The van der Waals surface area contributed by atoms with E-state index in [4.69, 9.17) is 0 Å². The lowest BCUT2D eigenvalue weighted by Gasteiger charge is -2.08. The average Bonchev–Trinajstić information content (AvgIpc) is 2.65. The molecule has 0 bridgehead atoms. The minimum Gasteiger partial charge on any atom is -0.492 e. The number of hydrogen-bond donors (Lipinski definition) is 2. The fraction of sp³-hybridized carbons (Fsp3) is 0.667. The first kappa shape index (κ1) is 15.7. The van der Waals surface area contributed by atoms with Gasteiger partial charge in [0.2, 0.25) is 11.8 Å². The van der Waals surface area contributed by atoms with Gasteiger partial charge in [0.1, 0.15) is 0 Å². The van der Waals surface area contributed by atoms with E-state index in [1.54, 1.807) is 0 Å². The van der Waals surface area contributed by atoms with Gasteiger partial charge in [0.25, 0.3) is 0 Å². The van der Waals surface area contributed by atoms with Gasteiger partial charge in [0.05, 0.1) is 5.75 Å². The Kier molecular flexibility index (Phi) is 6.01. The summed E-state index contributed by atoms with van der Waals surface area (Å²) in [5.74, 6) is -1.04. The van der Waals surface area contributed by atoms with Gasteiger partial charge in [-0.15, -0.1) is 0 Å². The quantitative estimate of drug-likeness (QED) is 0.679. The normalized spacial score (nSPS) is 11.6. The van der Waals surface area contributed by atoms with Crippen LogP contribution in [0.2, 0.25) is 0 Å². The Bertz CT molecular complexity index is 461. The second-order valence-corrected chi connectivity index (χ2v) is 6.12. The van der Waals surface area contributed by atoms with E-state index in [0.29, 0.717) is 11.2 Å². The molecule has 0 aliphatic rings. The topological polar surface area (TPSA) is 88.8 Å². The third kappa shape index (κ3) is 5.42. The molecule has 0 radical (unpaired) electrons. The number of nitrogens with zero attached hydrogens (tertiary/aromatic N) is 1. The van der Waals surface area contributed by atoms with Crippen LogP contribution < -0.4 is 4.28 Å². The Morgan fingerprint density at radius 1 is 1.05 bits per heavy atom. The van der Waals surface area contributed by atoms with Crippen molar-refractivity contribution in [3.8, 4) is 11.8 Å². The first-order valence-electron chi connectivity index (χ1n) is 6.48. The highest BCUT2D eigenvalue weighted by atomic mass is 32.2. The van der Waals surface area contributed by atoms with Crippen molar-refractivity contribution in [3.05, 3.63) is 12.1 Å². The summed E-state index contributed by atoms with van der Waals surface area (Å²) in [4.78, 5) is 0. The van der Waals surface area contributed by atoms with E-state index in [9.17, 15) is 18.6 Å². The standard InChI is InChI=1S/C12H21NO5S/c1-2-3-4-5-6-7-10-19(16,17)18-13-11(14)8-9-12(13)15/h8-9,14-15H,2-7,10H2,1H3. The van der Waals surface area contributed by atoms with Crippen molar-refractivity contribution in [2.75, 3.05) is 5.75 Å². The van der Waals surface area contributed by atoms with Gasteiger partial charge in [-0.3, -0.25) is 4.28 Å². The van der Waals surface area contributed by atoms with Crippen LogP contribution in [0.4, 0.5) is 0 Å². The van der Waals surface area contributed by atoms with Crippen LogP contribution in [0.5, 0.6) is 11.8 Å². The lowest BCUT2D eigenvalue weighted by molar-refractivity contribution is 0.203. The molecule has 0 amide bonds. The molecule has 0 unspecified atom stereocenters. The van der Waals surface area contributed by atoms with Gasteiger partial charge < -0.3 is 10.2 Å². The zero-order valence-corrected chi connectivity index (χ0v) is 11.9. The fourth-order valence-corrected chi connectivity index (χ4v) is 2.70. The van der Waals surface area contributed by atoms with Gasteiger partial charge in [-0.2, -0.15) is 8.42 Å². The molecule has 1 heterocycles. The van der Waals surface area contributed by atoms with Crippen LogP contribution in [0.15, 0.2) is 12.1 Å². The molecule has 0 aliphatic heterocycles. The second kappa shape index (κ2) is 7.28. The van der Waals surface area contributed by atoms with Crippen molar-refractivity contribution in [2.24, 2.45) is 0 Å². The molecule has 0 aliphatic carbocycles. The molecular formula is C12H21NO5S. The highest BCUT2D eigenvalue weighted by Gasteiger charge is 2.17. The molecule has 0 atom stereocenters. The lowest BCUT2D eigenvalue weighted by Crippen LogP contribution is -2.22. The molecule has 19 heavy (non-hydrogen) atoms. The first-order valence-corrected chi connectivity index (χ1v) is 8.06. The predicted molar refractivity (Wildman–Crippen MR) is 71.5 cm³/mol. The smallest absolute Gasteiger partial charge is 0.327 e. The van der Waals surface area contributed by atoms with Gasteiger partial charge in [-0.1, -0.05) is 43.8 Å². The number of aromatic nitrogens is 1. The third-order valence-electron chi connectivity index (χ3n) is 2.73. The Hall–Kier alpha value is -1.37. The minimum absolute atomic E-state index is 0.129. The zero-order valence-electron chi connectivity index (χ0n) is 11.1. The van der Waals surface area contributed by atoms with Crippen molar-refractivity contribution < 1.29 is 22.9 Å². The second-order valence-electron chi connectivity index (χ2n) is 4.45. The van der Waals surface area contributed by atoms with E-state index in [2.05, 4.69) is 11.2 Å². The Morgan fingerprint density at radius 3 is 2.16 bits per heavy atom. The highest BCUT2D eigenvalue weighted by molar-refractivity contribution is 7.86. The van der Waals surface area contributed by atoms with Crippen molar-refractivity contribution in [1.82, 2.24) is 4.73 Å². The number of aromatic hydroxyl groups is 2. The van der Waals surface area contributed by atoms with Crippen molar-refractivity contribution in [1.29, 1.82) is 0 Å². The van der Waals surface area contributed by atoms with Crippen LogP contribution in [0.3, 0.4) is 0 Å². The molecule has 1 aromatic heterocycles. The zero-order chi connectivity index (χ0) is 14.3. The summed E-state index contributed by atoms with van der Waals surface area (Å²) >= 11 is 0. The first-order chi connectivity index (χ1) is 8.96. The highest BCUT2D eigenvalue weighted by Crippen LogP contribution is 2.19. The molecule has 0 saturated carbocycles. The number of unbranched alkanes of at least 4 members (excludes halogenated alkanes) is 5. The SMILES string of the molecule is CCCCCCCCS(=O)(=O)On1c(O)ccc1O. The molecule has 0 spiro atoms. The van der Waals surface area contributed by atoms with E-state index >= 15 is 0 Å². The molecule has 7 heteroatoms. The molecule has 0 fully saturated rings. The van der Waals surface area contributed by atoms with E-state index in [0.717, 1.165) is 44.2 Å². The molecule has 6 nitrogen and oxygen atoms in total. The van der Waals surface area contributed by atoms with E-state index in [1.165, 1.54) is 0 Å². The van der Waals surface area contributed by atoms with Crippen molar-refractivity contribution in [3.63, 3.8) is 0 Å². The molecule has 2 N–H and O–H groups in total. The molecule has 1 aromatic rings. The number of rotatable bonds is 9. The maximum atomic E-state index is 11.6. The summed E-state index contributed by atoms with van der Waals surface area (Å²) in [7, 11) is -3.80. The molecule has 0 aromatic carbocycles.